The molecule has 1 saturated carbocycles. The zero-order valence-corrected chi connectivity index (χ0v) is 14.3. The first-order valence-electron chi connectivity index (χ1n) is 7.99. The number of carbonyl (C=O) groups excluding carboxylic acids is 1. The molecule has 0 bridgehead atoms. The van der Waals surface area contributed by atoms with Crippen LogP contribution in [0.15, 0.2) is 12.2 Å². The molecular formula is C18H36O. The molecule has 1 heteroatoms. The Labute approximate surface area is 121 Å². The van der Waals surface area contributed by atoms with Crippen LogP contribution in [0.25, 0.3) is 0 Å². The maximum absolute atomic E-state index is 11.0. The topological polar surface area (TPSA) is 17.1 Å². The minimum atomic E-state index is 0.0556. The van der Waals surface area contributed by atoms with Crippen molar-refractivity contribution in [2.75, 3.05) is 0 Å². The normalized spacial score (nSPS) is 15.7. The minimum absolute atomic E-state index is 0.0556. The number of rotatable bonds is 4. The van der Waals surface area contributed by atoms with Gasteiger partial charge in [-0.25, -0.2) is 0 Å². The molecule has 0 saturated heterocycles. The fourth-order valence-corrected chi connectivity index (χ4v) is 1.99. The first kappa shape index (κ1) is 20.7. The summed E-state index contributed by atoms with van der Waals surface area (Å²) in [6.07, 6.45) is 9.76. The predicted molar refractivity (Wildman–Crippen MR) is 87.6 cm³/mol. The number of Topliss-reactive ketones (excluding diaryl/α,β-unsaturated/α-hetero) is 1. The quantitative estimate of drug-likeness (QED) is 0.545. The van der Waals surface area contributed by atoms with Gasteiger partial charge >= 0.3 is 0 Å². The Morgan fingerprint density at radius 2 is 1.53 bits per heavy atom. The van der Waals surface area contributed by atoms with E-state index in [0.717, 1.165) is 12.8 Å². The molecule has 0 unspecified atom stereocenters. The van der Waals surface area contributed by atoms with Crippen molar-refractivity contribution in [2.24, 2.45) is 5.41 Å². The fourth-order valence-electron chi connectivity index (χ4n) is 1.99. The molecule has 0 aromatic rings. The van der Waals surface area contributed by atoms with Gasteiger partial charge in [-0.3, -0.25) is 4.79 Å². The summed E-state index contributed by atoms with van der Waals surface area (Å²) < 4.78 is 0. The predicted octanol–water partition coefficient (Wildman–Crippen LogP) is 6.32. The van der Waals surface area contributed by atoms with Crippen molar-refractivity contribution in [3.8, 4) is 0 Å². The van der Waals surface area contributed by atoms with Crippen LogP contribution in [0.2, 0.25) is 0 Å². The maximum atomic E-state index is 11.0. The Bertz CT molecular complexity index is 234. The monoisotopic (exact) mass is 268 g/mol. The van der Waals surface area contributed by atoms with Gasteiger partial charge < -0.3 is 0 Å². The Kier molecular flexibility index (Phi) is 13.6. The summed E-state index contributed by atoms with van der Waals surface area (Å²) in [4.78, 5) is 11.0. The largest absolute Gasteiger partial charge is 0.299 e. The average molecular weight is 268 g/mol. The molecule has 0 spiro atoms. The van der Waals surface area contributed by atoms with Crippen molar-refractivity contribution in [3.63, 3.8) is 0 Å². The summed E-state index contributed by atoms with van der Waals surface area (Å²) in [5.74, 6) is 0.375. The van der Waals surface area contributed by atoms with Crippen LogP contribution in [0.1, 0.15) is 92.9 Å². The molecule has 1 fully saturated rings. The molecule has 0 amide bonds. The van der Waals surface area contributed by atoms with E-state index in [-0.39, 0.29) is 5.41 Å². The van der Waals surface area contributed by atoms with Crippen molar-refractivity contribution in [1.29, 1.82) is 0 Å². The van der Waals surface area contributed by atoms with Gasteiger partial charge in [0.1, 0.15) is 5.78 Å². The molecule has 0 atom stereocenters. The molecule has 0 N–H and O–H groups in total. The molecule has 1 aliphatic rings. The third kappa shape index (κ3) is 12.2. The second-order valence-corrected chi connectivity index (χ2v) is 6.09. The van der Waals surface area contributed by atoms with Crippen molar-refractivity contribution >= 4 is 5.78 Å². The van der Waals surface area contributed by atoms with Gasteiger partial charge in [-0.15, -0.1) is 6.58 Å². The lowest BCUT2D eigenvalue weighted by molar-refractivity contribution is -0.125. The summed E-state index contributed by atoms with van der Waals surface area (Å²) in [5.41, 5.74) is 1.36. The highest BCUT2D eigenvalue weighted by Crippen LogP contribution is 2.37. The van der Waals surface area contributed by atoms with E-state index in [1.165, 1.54) is 44.1 Å². The third-order valence-electron chi connectivity index (χ3n) is 3.51. The van der Waals surface area contributed by atoms with Crippen molar-refractivity contribution in [3.05, 3.63) is 12.2 Å². The van der Waals surface area contributed by atoms with Crippen LogP contribution in [-0.2, 0) is 4.79 Å². The standard InChI is InChI=1S/C8H14O.C7H14.C3H8/c1-7(9)8(2)5-3-4-6-8;1-4-5-6-7(2)3;1-3-2/h3-6H2,1-2H3;2,4-6H2,1,3H3;3H2,1-2H3. The van der Waals surface area contributed by atoms with Gasteiger partial charge in [0.15, 0.2) is 0 Å². The number of hydrogen-bond donors (Lipinski definition) is 0. The smallest absolute Gasteiger partial charge is 0.135 e. The molecule has 0 aromatic heterocycles. The van der Waals surface area contributed by atoms with Crippen LogP contribution >= 0.6 is 0 Å². The highest BCUT2D eigenvalue weighted by atomic mass is 16.1. The second-order valence-electron chi connectivity index (χ2n) is 6.09. The highest BCUT2D eigenvalue weighted by molar-refractivity contribution is 5.82. The van der Waals surface area contributed by atoms with E-state index >= 15 is 0 Å². The van der Waals surface area contributed by atoms with Crippen molar-refractivity contribution in [2.45, 2.75) is 92.9 Å². The van der Waals surface area contributed by atoms with Gasteiger partial charge in [0.25, 0.3) is 0 Å². The Morgan fingerprint density at radius 3 is 1.68 bits per heavy atom. The molecule has 114 valence electrons. The van der Waals surface area contributed by atoms with Crippen LogP contribution in [0.4, 0.5) is 0 Å². The lowest BCUT2D eigenvalue weighted by Crippen LogP contribution is -2.20. The van der Waals surface area contributed by atoms with Crippen molar-refractivity contribution < 1.29 is 4.79 Å². The first-order chi connectivity index (χ1) is 8.83. The fraction of sp³-hybridized carbons (Fsp3) is 0.833. The number of allylic oxidation sites excluding steroid dienone is 1. The zero-order valence-electron chi connectivity index (χ0n) is 14.3. The van der Waals surface area contributed by atoms with Gasteiger partial charge in [-0.1, -0.05) is 59.0 Å². The van der Waals surface area contributed by atoms with E-state index in [4.69, 9.17) is 0 Å². The van der Waals surface area contributed by atoms with Crippen LogP contribution in [0, 0.1) is 5.41 Å². The van der Waals surface area contributed by atoms with Gasteiger partial charge in [0, 0.05) is 5.41 Å². The van der Waals surface area contributed by atoms with Gasteiger partial charge in [-0.2, -0.15) is 0 Å². The van der Waals surface area contributed by atoms with E-state index in [9.17, 15) is 4.79 Å². The Morgan fingerprint density at radius 1 is 1.11 bits per heavy atom. The average Bonchev–Trinajstić information content (AvgIpc) is 2.77. The van der Waals surface area contributed by atoms with Crippen molar-refractivity contribution in [1.82, 2.24) is 0 Å². The van der Waals surface area contributed by atoms with Crippen LogP contribution in [0.5, 0.6) is 0 Å². The third-order valence-corrected chi connectivity index (χ3v) is 3.51. The van der Waals surface area contributed by atoms with Gasteiger partial charge in [0.05, 0.1) is 0 Å². The van der Waals surface area contributed by atoms with E-state index in [1.807, 2.05) is 0 Å². The van der Waals surface area contributed by atoms with Crippen LogP contribution < -0.4 is 0 Å². The Hall–Kier alpha value is -0.590. The van der Waals surface area contributed by atoms with Gasteiger partial charge in [0.2, 0.25) is 0 Å². The molecular weight excluding hydrogens is 232 g/mol. The molecule has 0 heterocycles. The lowest BCUT2D eigenvalue weighted by Gasteiger charge is -2.18. The molecule has 1 nitrogen and oxygen atoms in total. The van der Waals surface area contributed by atoms with Gasteiger partial charge in [-0.05, 0) is 39.5 Å². The highest BCUT2D eigenvalue weighted by Gasteiger charge is 2.32. The molecule has 19 heavy (non-hydrogen) atoms. The second kappa shape index (κ2) is 12.4. The van der Waals surface area contributed by atoms with Crippen LogP contribution in [-0.4, -0.2) is 5.78 Å². The summed E-state index contributed by atoms with van der Waals surface area (Å²) in [7, 11) is 0. The number of carbonyl (C=O) groups is 1. The SMILES string of the molecule is C=C(C)CCCC.CC(=O)C1(C)CCCC1.CCC. The summed E-state index contributed by atoms with van der Waals surface area (Å²) >= 11 is 0. The summed E-state index contributed by atoms with van der Waals surface area (Å²) in [6, 6.07) is 0. The minimum Gasteiger partial charge on any atom is -0.299 e. The number of ketones is 1. The molecule has 1 rings (SSSR count). The first-order valence-corrected chi connectivity index (χ1v) is 7.99. The van der Waals surface area contributed by atoms with E-state index in [1.54, 1.807) is 6.92 Å². The molecule has 0 aliphatic heterocycles. The van der Waals surface area contributed by atoms with Crippen LogP contribution in [0.3, 0.4) is 0 Å². The molecule has 0 aromatic carbocycles. The van der Waals surface area contributed by atoms with E-state index in [0.29, 0.717) is 5.78 Å². The Balaban J connectivity index is 0. The molecule has 1 aliphatic carbocycles. The summed E-state index contributed by atoms with van der Waals surface area (Å²) in [6.45, 7) is 16.1. The van der Waals surface area contributed by atoms with E-state index < -0.39 is 0 Å². The van der Waals surface area contributed by atoms with E-state index in [2.05, 4.69) is 41.2 Å². The zero-order chi connectivity index (χ0) is 15.3. The number of unbranched alkanes of at least 4 members (excludes halogenated alkanes) is 1. The molecule has 0 radical (unpaired) electrons. The number of hydrogen-bond acceptors (Lipinski definition) is 1. The maximum Gasteiger partial charge on any atom is 0.135 e. The summed E-state index contributed by atoms with van der Waals surface area (Å²) in [5, 5.41) is 0. The lowest BCUT2D eigenvalue weighted by atomic mass is 9.85.